The van der Waals surface area contributed by atoms with E-state index < -0.39 is 11.6 Å². The summed E-state index contributed by atoms with van der Waals surface area (Å²) in [7, 11) is 0. The van der Waals surface area contributed by atoms with Crippen LogP contribution in [-0.4, -0.2) is 13.2 Å². The first-order valence-corrected chi connectivity index (χ1v) is 8.67. The lowest BCUT2D eigenvalue weighted by molar-refractivity contribution is 0.289. The average Bonchev–Trinajstić information content (AvgIpc) is 2.96. The molecule has 0 atom stereocenters. The zero-order valence-electron chi connectivity index (χ0n) is 14.7. The smallest absolute Gasteiger partial charge is 0.208 e. The zero-order chi connectivity index (χ0) is 18.0. The van der Waals surface area contributed by atoms with Crippen molar-refractivity contribution in [3.63, 3.8) is 0 Å². The minimum Gasteiger partial charge on any atom is -0.491 e. The fraction of sp³-hybridized carbons (Fsp3) is 0.400. The Morgan fingerprint density at radius 1 is 0.960 bits per heavy atom. The van der Waals surface area contributed by atoms with Crippen molar-refractivity contribution in [2.24, 2.45) is 0 Å². The first kappa shape index (κ1) is 17.5. The van der Waals surface area contributed by atoms with Gasteiger partial charge in [-0.05, 0) is 44.0 Å². The monoisotopic (exact) mass is 348 g/mol. The molecule has 0 aliphatic carbocycles. The van der Waals surface area contributed by atoms with Gasteiger partial charge in [-0.15, -0.1) is 0 Å². The Kier molecular flexibility index (Phi) is 5.11. The minimum atomic E-state index is -0.613. The van der Waals surface area contributed by atoms with Crippen LogP contribution in [0, 0.1) is 18.6 Å². The number of unbranched alkanes of at least 4 members (excludes halogenated alkanes) is 2. The van der Waals surface area contributed by atoms with Crippen LogP contribution in [-0.2, 0) is 0 Å². The van der Waals surface area contributed by atoms with Crippen LogP contribution in [0.1, 0.15) is 38.7 Å². The highest BCUT2D eigenvalue weighted by Crippen LogP contribution is 2.39. The molecule has 3 aromatic rings. The lowest BCUT2D eigenvalue weighted by Crippen LogP contribution is -2.01. The summed E-state index contributed by atoms with van der Waals surface area (Å²) in [5.74, 6) is -0.923. The van der Waals surface area contributed by atoms with E-state index in [9.17, 15) is 8.78 Å². The Morgan fingerprint density at radius 2 is 1.72 bits per heavy atom. The number of ether oxygens (including phenoxy) is 2. The van der Waals surface area contributed by atoms with E-state index in [1.807, 2.05) is 0 Å². The molecular formula is C20H22F2O3. The van der Waals surface area contributed by atoms with Gasteiger partial charge in [0.25, 0.3) is 0 Å². The largest absolute Gasteiger partial charge is 0.491 e. The van der Waals surface area contributed by atoms with Gasteiger partial charge in [0, 0.05) is 10.8 Å². The summed E-state index contributed by atoms with van der Waals surface area (Å²) in [6.07, 6.45) is 2.95. The molecule has 25 heavy (non-hydrogen) atoms. The predicted octanol–water partition coefficient (Wildman–Crippen LogP) is 6.14. The molecule has 0 aliphatic rings. The van der Waals surface area contributed by atoms with Crippen molar-refractivity contribution >= 4 is 21.9 Å². The molecular weight excluding hydrogens is 326 g/mol. The van der Waals surface area contributed by atoms with Crippen LogP contribution in [0.3, 0.4) is 0 Å². The maximum Gasteiger partial charge on any atom is 0.208 e. The summed E-state index contributed by atoms with van der Waals surface area (Å²) in [5.41, 5.74) is 0.680. The van der Waals surface area contributed by atoms with E-state index in [-0.39, 0.29) is 22.7 Å². The molecule has 0 amide bonds. The molecule has 1 heterocycles. The SMILES string of the molecule is CCCCCOc1c(C)cc2c(oc3c(F)c(OCC)ccc32)c1F. The topological polar surface area (TPSA) is 31.6 Å². The molecule has 0 bridgehead atoms. The van der Waals surface area contributed by atoms with Crippen LogP contribution in [0.5, 0.6) is 11.5 Å². The molecule has 3 rings (SSSR count). The van der Waals surface area contributed by atoms with Gasteiger partial charge < -0.3 is 13.9 Å². The van der Waals surface area contributed by atoms with Crippen molar-refractivity contribution in [3.8, 4) is 11.5 Å². The number of halogens is 2. The van der Waals surface area contributed by atoms with Gasteiger partial charge in [-0.25, -0.2) is 0 Å². The Hall–Kier alpha value is -2.30. The van der Waals surface area contributed by atoms with Crippen molar-refractivity contribution in [2.45, 2.75) is 40.0 Å². The van der Waals surface area contributed by atoms with E-state index in [1.54, 1.807) is 32.0 Å². The molecule has 0 fully saturated rings. The number of aryl methyl sites for hydroxylation is 1. The number of rotatable bonds is 7. The van der Waals surface area contributed by atoms with E-state index in [0.717, 1.165) is 19.3 Å². The summed E-state index contributed by atoms with van der Waals surface area (Å²) in [5, 5.41) is 1.06. The van der Waals surface area contributed by atoms with Crippen molar-refractivity contribution in [1.82, 2.24) is 0 Å². The Labute approximate surface area is 145 Å². The Bertz CT molecular complexity index is 899. The zero-order valence-corrected chi connectivity index (χ0v) is 14.7. The number of hydrogen-bond acceptors (Lipinski definition) is 3. The Balaban J connectivity index is 2.08. The van der Waals surface area contributed by atoms with Gasteiger partial charge in [0.2, 0.25) is 11.6 Å². The highest BCUT2D eigenvalue weighted by Gasteiger charge is 2.21. The molecule has 1 aromatic heterocycles. The standard InChI is InChI=1S/C20H22F2O3/c1-4-6-7-10-24-18-12(3)11-14-13-8-9-15(23-5-2)16(21)19(13)25-20(14)17(18)22/h8-9,11H,4-7,10H2,1-3H3. The second-order valence-electron chi connectivity index (χ2n) is 6.06. The summed E-state index contributed by atoms with van der Waals surface area (Å²) in [4.78, 5) is 0. The average molecular weight is 348 g/mol. The summed E-state index contributed by atoms with van der Waals surface area (Å²) in [6, 6.07) is 5.01. The maximum absolute atomic E-state index is 14.9. The summed E-state index contributed by atoms with van der Waals surface area (Å²) in [6.45, 7) is 6.43. The first-order chi connectivity index (χ1) is 12.1. The van der Waals surface area contributed by atoms with Gasteiger partial charge in [-0.2, -0.15) is 8.78 Å². The van der Waals surface area contributed by atoms with Crippen molar-refractivity contribution in [2.75, 3.05) is 13.2 Å². The molecule has 3 nitrogen and oxygen atoms in total. The van der Waals surface area contributed by atoms with Gasteiger partial charge in [-0.1, -0.05) is 19.8 Å². The van der Waals surface area contributed by atoms with Crippen LogP contribution < -0.4 is 9.47 Å². The number of hydrogen-bond donors (Lipinski definition) is 0. The van der Waals surface area contributed by atoms with Gasteiger partial charge in [-0.3, -0.25) is 0 Å². The van der Waals surface area contributed by atoms with Gasteiger partial charge >= 0.3 is 0 Å². The Morgan fingerprint density at radius 3 is 2.44 bits per heavy atom. The van der Waals surface area contributed by atoms with Crippen LogP contribution in [0.15, 0.2) is 22.6 Å². The third-order valence-corrected chi connectivity index (χ3v) is 4.21. The van der Waals surface area contributed by atoms with Crippen LogP contribution in [0.2, 0.25) is 0 Å². The first-order valence-electron chi connectivity index (χ1n) is 8.67. The predicted molar refractivity (Wildman–Crippen MR) is 94.6 cm³/mol. The van der Waals surface area contributed by atoms with E-state index in [2.05, 4.69) is 6.92 Å². The molecule has 0 radical (unpaired) electrons. The van der Waals surface area contributed by atoms with Gasteiger partial charge in [0.15, 0.2) is 22.7 Å². The highest BCUT2D eigenvalue weighted by molar-refractivity contribution is 6.06. The fourth-order valence-electron chi connectivity index (χ4n) is 2.96. The molecule has 0 saturated heterocycles. The minimum absolute atomic E-state index is 0.00221. The van der Waals surface area contributed by atoms with Crippen molar-refractivity contribution in [3.05, 3.63) is 35.4 Å². The summed E-state index contributed by atoms with van der Waals surface area (Å²) >= 11 is 0. The van der Waals surface area contributed by atoms with Crippen LogP contribution in [0.4, 0.5) is 8.78 Å². The second kappa shape index (κ2) is 7.30. The molecule has 134 valence electrons. The van der Waals surface area contributed by atoms with E-state index >= 15 is 0 Å². The number of benzene rings is 2. The molecule has 0 saturated carbocycles. The molecule has 0 unspecified atom stereocenters. The van der Waals surface area contributed by atoms with Crippen molar-refractivity contribution < 1.29 is 22.7 Å². The van der Waals surface area contributed by atoms with Gasteiger partial charge in [0.1, 0.15) is 0 Å². The lowest BCUT2D eigenvalue weighted by Gasteiger charge is -2.10. The van der Waals surface area contributed by atoms with Crippen LogP contribution in [0.25, 0.3) is 21.9 Å². The van der Waals surface area contributed by atoms with E-state index in [4.69, 9.17) is 13.9 Å². The number of furan rings is 1. The third-order valence-electron chi connectivity index (χ3n) is 4.21. The van der Waals surface area contributed by atoms with Gasteiger partial charge in [0.05, 0.1) is 13.2 Å². The molecule has 0 spiro atoms. The molecule has 5 heteroatoms. The lowest BCUT2D eigenvalue weighted by atomic mass is 10.1. The third kappa shape index (κ3) is 3.15. The highest BCUT2D eigenvalue weighted by atomic mass is 19.1. The van der Waals surface area contributed by atoms with Crippen molar-refractivity contribution in [1.29, 1.82) is 0 Å². The van der Waals surface area contributed by atoms with E-state index in [0.29, 0.717) is 29.5 Å². The molecule has 2 aromatic carbocycles. The second-order valence-corrected chi connectivity index (χ2v) is 6.06. The molecule has 0 N–H and O–H groups in total. The number of fused-ring (bicyclic) bond motifs is 3. The normalized spacial score (nSPS) is 11.4. The van der Waals surface area contributed by atoms with E-state index in [1.165, 1.54) is 0 Å². The fourth-order valence-corrected chi connectivity index (χ4v) is 2.96. The molecule has 0 aliphatic heterocycles. The summed E-state index contributed by atoms with van der Waals surface area (Å²) < 4.78 is 45.8. The van der Waals surface area contributed by atoms with Crippen LogP contribution >= 0.6 is 0 Å². The quantitative estimate of drug-likeness (QED) is 0.481. The maximum atomic E-state index is 14.9.